The van der Waals surface area contributed by atoms with Crippen molar-refractivity contribution < 1.29 is 14.0 Å². The molecule has 1 saturated heterocycles. The second kappa shape index (κ2) is 10.0. The van der Waals surface area contributed by atoms with Crippen LogP contribution in [0.15, 0.2) is 42.5 Å². The smallest absolute Gasteiger partial charge is 0.313 e. The first kappa shape index (κ1) is 20.8. The van der Waals surface area contributed by atoms with Gasteiger partial charge in [-0.15, -0.1) is 0 Å². The van der Waals surface area contributed by atoms with Gasteiger partial charge in [0.15, 0.2) is 0 Å². The lowest BCUT2D eigenvalue weighted by molar-refractivity contribution is -0.136. The van der Waals surface area contributed by atoms with E-state index >= 15 is 0 Å². The lowest BCUT2D eigenvalue weighted by Crippen LogP contribution is -2.36. The fourth-order valence-corrected chi connectivity index (χ4v) is 3.46. The number of nitrogens with zero attached hydrogens (tertiary/aromatic N) is 1. The van der Waals surface area contributed by atoms with Crippen LogP contribution in [0.3, 0.4) is 0 Å². The van der Waals surface area contributed by atoms with Crippen LogP contribution in [-0.2, 0) is 16.0 Å². The van der Waals surface area contributed by atoms with Crippen molar-refractivity contribution in [1.29, 1.82) is 0 Å². The third kappa shape index (κ3) is 6.04. The Labute approximate surface area is 171 Å². The van der Waals surface area contributed by atoms with Crippen LogP contribution in [0, 0.1) is 12.7 Å². The summed E-state index contributed by atoms with van der Waals surface area (Å²) >= 11 is 0. The molecule has 2 aromatic carbocycles. The van der Waals surface area contributed by atoms with Gasteiger partial charge in [-0.3, -0.25) is 9.59 Å². The van der Waals surface area contributed by atoms with Gasteiger partial charge in [-0.1, -0.05) is 31.0 Å². The van der Waals surface area contributed by atoms with Crippen LogP contribution in [0.2, 0.25) is 0 Å². The molecule has 0 unspecified atom stereocenters. The van der Waals surface area contributed by atoms with E-state index in [9.17, 15) is 14.0 Å². The van der Waals surface area contributed by atoms with E-state index in [1.807, 2.05) is 0 Å². The quantitative estimate of drug-likeness (QED) is 0.754. The molecular formula is C23H28FN3O2. The Hall–Kier alpha value is -2.89. The first-order valence-corrected chi connectivity index (χ1v) is 10.2. The monoisotopic (exact) mass is 397 g/mol. The molecule has 2 N–H and O–H groups in total. The number of carbonyl (C=O) groups is 2. The minimum absolute atomic E-state index is 0.261. The zero-order valence-corrected chi connectivity index (χ0v) is 16.8. The second-order valence-electron chi connectivity index (χ2n) is 7.49. The van der Waals surface area contributed by atoms with Gasteiger partial charge in [0, 0.05) is 31.0 Å². The fourth-order valence-electron chi connectivity index (χ4n) is 3.46. The Morgan fingerprint density at radius 3 is 2.31 bits per heavy atom. The molecule has 154 valence electrons. The number of hydrogen-bond donors (Lipinski definition) is 2. The number of benzene rings is 2. The van der Waals surface area contributed by atoms with Gasteiger partial charge in [-0.25, -0.2) is 4.39 Å². The van der Waals surface area contributed by atoms with E-state index in [1.54, 1.807) is 19.1 Å². The summed E-state index contributed by atoms with van der Waals surface area (Å²) in [6.45, 7) is 4.20. The van der Waals surface area contributed by atoms with Gasteiger partial charge in [0.25, 0.3) is 0 Å². The van der Waals surface area contributed by atoms with Crippen molar-refractivity contribution in [3.8, 4) is 0 Å². The van der Waals surface area contributed by atoms with Crippen LogP contribution in [0.4, 0.5) is 15.8 Å². The summed E-state index contributed by atoms with van der Waals surface area (Å²) in [6.07, 6.45) is 5.73. The number of aryl methyl sites for hydroxylation is 1. The van der Waals surface area contributed by atoms with Gasteiger partial charge < -0.3 is 15.5 Å². The lowest BCUT2D eigenvalue weighted by Gasteiger charge is -2.22. The highest BCUT2D eigenvalue weighted by Crippen LogP contribution is 2.20. The van der Waals surface area contributed by atoms with Crippen LogP contribution in [0.5, 0.6) is 0 Å². The Morgan fingerprint density at radius 1 is 0.966 bits per heavy atom. The van der Waals surface area contributed by atoms with E-state index in [2.05, 4.69) is 39.8 Å². The van der Waals surface area contributed by atoms with Crippen LogP contribution in [-0.4, -0.2) is 31.4 Å². The maximum absolute atomic E-state index is 13.5. The predicted octanol–water partition coefficient (Wildman–Crippen LogP) is 3.81. The molecule has 0 bridgehead atoms. The number of carbonyl (C=O) groups excluding carboxylic acids is 2. The SMILES string of the molecule is Cc1ccc(NC(=O)C(=O)NCCc2ccc(N3CCCCCC3)cc2)cc1F. The summed E-state index contributed by atoms with van der Waals surface area (Å²) in [4.78, 5) is 26.3. The highest BCUT2D eigenvalue weighted by Gasteiger charge is 2.14. The Kier molecular flexibility index (Phi) is 7.22. The zero-order valence-electron chi connectivity index (χ0n) is 16.8. The molecule has 0 radical (unpaired) electrons. The predicted molar refractivity (Wildman–Crippen MR) is 114 cm³/mol. The molecule has 2 aromatic rings. The molecule has 0 spiro atoms. The molecule has 1 heterocycles. The van der Waals surface area contributed by atoms with Crippen molar-refractivity contribution in [2.45, 2.75) is 39.0 Å². The van der Waals surface area contributed by atoms with Crippen molar-refractivity contribution in [1.82, 2.24) is 5.32 Å². The van der Waals surface area contributed by atoms with Crippen molar-refractivity contribution in [3.05, 3.63) is 59.4 Å². The van der Waals surface area contributed by atoms with Crippen molar-refractivity contribution in [3.63, 3.8) is 0 Å². The third-order valence-electron chi connectivity index (χ3n) is 5.24. The van der Waals surface area contributed by atoms with E-state index in [0.29, 0.717) is 18.5 Å². The molecule has 29 heavy (non-hydrogen) atoms. The second-order valence-corrected chi connectivity index (χ2v) is 7.49. The first-order valence-electron chi connectivity index (χ1n) is 10.2. The maximum Gasteiger partial charge on any atom is 0.313 e. The van der Waals surface area contributed by atoms with Crippen LogP contribution in [0.25, 0.3) is 0 Å². The molecule has 0 atom stereocenters. The number of nitrogens with one attached hydrogen (secondary N) is 2. The number of anilines is 2. The Balaban J connectivity index is 1.44. The lowest BCUT2D eigenvalue weighted by atomic mass is 10.1. The summed E-state index contributed by atoms with van der Waals surface area (Å²) < 4.78 is 13.5. The van der Waals surface area contributed by atoms with Crippen LogP contribution in [0.1, 0.15) is 36.8 Å². The van der Waals surface area contributed by atoms with E-state index < -0.39 is 17.6 Å². The Bertz CT molecular complexity index is 844. The molecule has 0 aromatic heterocycles. The average Bonchev–Trinajstić information content (AvgIpc) is 3.01. The summed E-state index contributed by atoms with van der Waals surface area (Å²) in [7, 11) is 0. The molecule has 0 aliphatic carbocycles. The topological polar surface area (TPSA) is 61.4 Å². The molecular weight excluding hydrogens is 369 g/mol. The normalized spacial score (nSPS) is 14.2. The largest absolute Gasteiger partial charge is 0.372 e. The molecule has 3 rings (SSSR count). The highest BCUT2D eigenvalue weighted by atomic mass is 19.1. The molecule has 1 aliphatic rings. The molecule has 6 heteroatoms. The molecule has 1 aliphatic heterocycles. The van der Waals surface area contributed by atoms with Gasteiger partial charge >= 0.3 is 11.8 Å². The number of rotatable bonds is 5. The van der Waals surface area contributed by atoms with Crippen molar-refractivity contribution in [2.75, 3.05) is 29.9 Å². The van der Waals surface area contributed by atoms with Gasteiger partial charge in [-0.05, 0) is 61.6 Å². The summed E-state index contributed by atoms with van der Waals surface area (Å²) in [5, 5.41) is 5.02. The first-order chi connectivity index (χ1) is 14.0. The molecule has 0 saturated carbocycles. The van der Waals surface area contributed by atoms with Crippen molar-refractivity contribution in [2.24, 2.45) is 0 Å². The van der Waals surface area contributed by atoms with E-state index in [1.165, 1.54) is 37.4 Å². The summed E-state index contributed by atoms with van der Waals surface area (Å²) in [5.41, 5.74) is 3.08. The van der Waals surface area contributed by atoms with Gasteiger partial charge in [0.1, 0.15) is 5.82 Å². The van der Waals surface area contributed by atoms with E-state index in [4.69, 9.17) is 0 Å². The van der Waals surface area contributed by atoms with Crippen LogP contribution >= 0.6 is 0 Å². The molecule has 5 nitrogen and oxygen atoms in total. The molecule has 1 fully saturated rings. The maximum atomic E-state index is 13.5. The Morgan fingerprint density at radius 2 is 1.66 bits per heavy atom. The van der Waals surface area contributed by atoms with E-state index in [0.717, 1.165) is 18.7 Å². The van der Waals surface area contributed by atoms with Gasteiger partial charge in [0.05, 0.1) is 0 Å². The summed E-state index contributed by atoms with van der Waals surface area (Å²) in [6, 6.07) is 12.7. The zero-order chi connectivity index (χ0) is 20.6. The van der Waals surface area contributed by atoms with Crippen LogP contribution < -0.4 is 15.5 Å². The molecule has 2 amide bonds. The highest BCUT2D eigenvalue weighted by molar-refractivity contribution is 6.39. The number of amides is 2. The van der Waals surface area contributed by atoms with Gasteiger partial charge in [-0.2, -0.15) is 0 Å². The standard InChI is InChI=1S/C23H28FN3O2/c1-17-6-9-19(16-21(17)24)26-23(29)22(28)25-13-12-18-7-10-20(11-8-18)27-14-4-2-3-5-15-27/h6-11,16H,2-5,12-15H2,1H3,(H,25,28)(H,26,29). The third-order valence-corrected chi connectivity index (χ3v) is 5.24. The van der Waals surface area contributed by atoms with Gasteiger partial charge in [0.2, 0.25) is 0 Å². The average molecular weight is 397 g/mol. The minimum Gasteiger partial charge on any atom is -0.372 e. The fraction of sp³-hybridized carbons (Fsp3) is 0.391. The number of halogens is 1. The number of hydrogen-bond acceptors (Lipinski definition) is 3. The summed E-state index contributed by atoms with van der Waals surface area (Å²) in [5.74, 6) is -1.95. The van der Waals surface area contributed by atoms with Crippen molar-refractivity contribution >= 4 is 23.2 Å². The minimum atomic E-state index is -0.801. The van der Waals surface area contributed by atoms with E-state index in [-0.39, 0.29) is 5.69 Å².